The molecule has 0 aliphatic heterocycles. The molecular formula is C21H20N4O4S. The fourth-order valence-electron chi connectivity index (χ4n) is 2.71. The van der Waals surface area contributed by atoms with E-state index in [0.717, 1.165) is 0 Å². The molecule has 2 aromatic heterocycles. The second-order valence-corrected chi connectivity index (χ2v) is 7.49. The molecule has 9 heteroatoms. The van der Waals surface area contributed by atoms with Crippen LogP contribution in [0.5, 0.6) is 0 Å². The van der Waals surface area contributed by atoms with Crippen molar-refractivity contribution < 1.29 is 19.2 Å². The summed E-state index contributed by atoms with van der Waals surface area (Å²) < 4.78 is 1.50. The van der Waals surface area contributed by atoms with Crippen LogP contribution in [0.25, 0.3) is 5.69 Å². The number of Topliss-reactive ketones (excluding diaryl/α,β-unsaturated/α-hetero) is 2. The lowest BCUT2D eigenvalue weighted by Crippen LogP contribution is -2.14. The molecule has 3 N–H and O–H groups in total. The topological polar surface area (TPSA) is 124 Å². The Morgan fingerprint density at radius 2 is 1.70 bits per heavy atom. The van der Waals surface area contributed by atoms with Crippen LogP contribution >= 0.6 is 11.3 Å². The predicted molar refractivity (Wildman–Crippen MR) is 113 cm³/mol. The summed E-state index contributed by atoms with van der Waals surface area (Å²) in [4.78, 5) is 47.7. The Morgan fingerprint density at radius 1 is 0.967 bits per heavy atom. The van der Waals surface area contributed by atoms with Gasteiger partial charge in [-0.25, -0.2) is 4.68 Å². The summed E-state index contributed by atoms with van der Waals surface area (Å²) in [6.07, 6.45) is 2.05. The number of nitrogens with zero attached hydrogens (tertiary/aromatic N) is 2. The van der Waals surface area contributed by atoms with Crippen LogP contribution in [0.15, 0.2) is 54.0 Å². The van der Waals surface area contributed by atoms with E-state index in [1.165, 1.54) is 22.1 Å². The number of ketones is 2. The third-order valence-corrected chi connectivity index (χ3v) is 5.23. The van der Waals surface area contributed by atoms with Gasteiger partial charge >= 0.3 is 0 Å². The first kappa shape index (κ1) is 21.1. The minimum Gasteiger partial charge on any atom is -0.364 e. The van der Waals surface area contributed by atoms with Gasteiger partial charge < -0.3 is 11.1 Å². The molecule has 0 saturated heterocycles. The van der Waals surface area contributed by atoms with E-state index in [9.17, 15) is 19.2 Å². The normalized spacial score (nSPS) is 10.5. The molecule has 0 aliphatic carbocycles. The van der Waals surface area contributed by atoms with Crippen LogP contribution < -0.4 is 11.1 Å². The van der Waals surface area contributed by atoms with Crippen LogP contribution in [-0.4, -0.2) is 33.2 Å². The lowest BCUT2D eigenvalue weighted by Gasteiger charge is -2.07. The smallest absolute Gasteiger partial charge is 0.269 e. The fraction of sp³-hybridized carbons (Fsp3) is 0.190. The molecule has 0 atom stereocenters. The summed E-state index contributed by atoms with van der Waals surface area (Å²) in [5, 5.41) is 8.60. The Kier molecular flexibility index (Phi) is 6.87. The predicted octanol–water partition coefficient (Wildman–Crippen LogP) is 2.98. The Labute approximate surface area is 176 Å². The molecule has 0 bridgehead atoms. The first-order valence-electron chi connectivity index (χ1n) is 9.26. The van der Waals surface area contributed by atoms with Gasteiger partial charge in [-0.2, -0.15) is 5.10 Å². The van der Waals surface area contributed by atoms with Crippen LogP contribution in [0, 0.1) is 0 Å². The molecule has 30 heavy (non-hydrogen) atoms. The molecule has 3 rings (SSSR count). The second-order valence-electron chi connectivity index (χ2n) is 6.54. The molecule has 3 aromatic rings. The van der Waals surface area contributed by atoms with Gasteiger partial charge in [0.2, 0.25) is 5.91 Å². The van der Waals surface area contributed by atoms with Gasteiger partial charge in [0.1, 0.15) is 11.5 Å². The molecule has 0 fully saturated rings. The van der Waals surface area contributed by atoms with Gasteiger partial charge in [-0.3, -0.25) is 19.2 Å². The Hall–Kier alpha value is -3.59. The number of amides is 2. The zero-order chi connectivity index (χ0) is 21.5. The minimum atomic E-state index is -0.608. The second kappa shape index (κ2) is 9.75. The molecule has 0 aliphatic rings. The average molecular weight is 424 g/mol. The highest BCUT2D eigenvalue weighted by molar-refractivity contribution is 7.12. The Balaban J connectivity index is 1.43. The molecule has 0 radical (unpaired) electrons. The van der Waals surface area contributed by atoms with Gasteiger partial charge in [0.05, 0.1) is 10.6 Å². The first-order valence-corrected chi connectivity index (χ1v) is 10.1. The summed E-state index contributed by atoms with van der Waals surface area (Å²) in [5.41, 5.74) is 6.62. The van der Waals surface area contributed by atoms with Crippen molar-refractivity contribution in [1.82, 2.24) is 9.78 Å². The quantitative estimate of drug-likeness (QED) is 0.484. The lowest BCUT2D eigenvalue weighted by molar-refractivity contribution is -0.122. The van der Waals surface area contributed by atoms with Crippen molar-refractivity contribution in [1.29, 1.82) is 0 Å². The van der Waals surface area contributed by atoms with Gasteiger partial charge in [-0.1, -0.05) is 6.07 Å². The molecule has 0 unspecified atom stereocenters. The maximum absolute atomic E-state index is 12.1. The zero-order valence-electron chi connectivity index (χ0n) is 16.0. The highest BCUT2D eigenvalue weighted by Gasteiger charge is 2.12. The largest absolute Gasteiger partial charge is 0.364 e. The number of carbonyl (C=O) groups excluding carboxylic acids is 4. The molecule has 1 aromatic carbocycles. The van der Waals surface area contributed by atoms with Crippen molar-refractivity contribution in [2.45, 2.75) is 25.7 Å². The molecule has 2 heterocycles. The summed E-state index contributed by atoms with van der Waals surface area (Å²) in [6, 6.07) is 11.9. The van der Waals surface area contributed by atoms with Gasteiger partial charge in [0.15, 0.2) is 5.78 Å². The number of hydrogen-bond donors (Lipinski definition) is 2. The van der Waals surface area contributed by atoms with Crippen molar-refractivity contribution >= 4 is 40.4 Å². The van der Waals surface area contributed by atoms with E-state index in [4.69, 9.17) is 5.73 Å². The third-order valence-electron chi connectivity index (χ3n) is 4.31. The monoisotopic (exact) mass is 424 g/mol. The zero-order valence-corrected chi connectivity index (χ0v) is 16.9. The Morgan fingerprint density at radius 3 is 2.33 bits per heavy atom. The number of hydrogen-bond acceptors (Lipinski definition) is 6. The van der Waals surface area contributed by atoms with E-state index in [1.54, 1.807) is 42.6 Å². The molecule has 0 saturated carbocycles. The number of nitrogens with two attached hydrogens (primary N) is 1. The van der Waals surface area contributed by atoms with E-state index in [1.807, 2.05) is 5.38 Å². The number of primary amides is 1. The van der Waals surface area contributed by atoms with Crippen molar-refractivity contribution in [3.8, 4) is 5.69 Å². The lowest BCUT2D eigenvalue weighted by atomic mass is 10.1. The number of rotatable bonds is 10. The summed E-state index contributed by atoms with van der Waals surface area (Å²) >= 11 is 1.35. The first-order chi connectivity index (χ1) is 14.4. The van der Waals surface area contributed by atoms with Crippen molar-refractivity contribution in [3.05, 3.63) is 64.6 Å². The number of benzene rings is 1. The third kappa shape index (κ3) is 5.71. The summed E-state index contributed by atoms with van der Waals surface area (Å²) in [7, 11) is 0. The number of thiophene rings is 1. The SMILES string of the molecule is NC(=O)c1ccn(-c2ccc(NC(=O)CCC(=O)CCC(=O)c3cccs3)cc2)n1. The van der Waals surface area contributed by atoms with Crippen LogP contribution in [0.4, 0.5) is 5.69 Å². The number of anilines is 1. The maximum atomic E-state index is 12.1. The molecule has 0 spiro atoms. The standard InChI is InChI=1S/C21H20N4O4S/c22-21(29)17-11-12-25(24-17)15-5-3-14(4-6-15)23-20(28)10-8-16(26)7-9-18(27)19-2-1-13-30-19/h1-6,11-13H,7-10H2,(H2,22,29)(H,23,28). The van der Waals surface area contributed by atoms with Gasteiger partial charge in [0, 0.05) is 37.6 Å². The number of aromatic nitrogens is 2. The highest BCUT2D eigenvalue weighted by atomic mass is 32.1. The van der Waals surface area contributed by atoms with Crippen LogP contribution in [0.3, 0.4) is 0 Å². The van der Waals surface area contributed by atoms with Crippen molar-refractivity contribution in [3.63, 3.8) is 0 Å². The number of nitrogens with one attached hydrogen (secondary N) is 1. The molecule has 8 nitrogen and oxygen atoms in total. The fourth-order valence-corrected chi connectivity index (χ4v) is 3.41. The number of carbonyl (C=O) groups is 4. The average Bonchev–Trinajstić information content (AvgIpc) is 3.43. The van der Waals surface area contributed by atoms with Gasteiger partial charge in [-0.05, 0) is 41.8 Å². The molecular weight excluding hydrogens is 404 g/mol. The highest BCUT2D eigenvalue weighted by Crippen LogP contribution is 2.15. The summed E-state index contributed by atoms with van der Waals surface area (Å²) in [5.74, 6) is -1.06. The van der Waals surface area contributed by atoms with E-state index >= 15 is 0 Å². The van der Waals surface area contributed by atoms with E-state index in [-0.39, 0.29) is 48.9 Å². The minimum absolute atomic E-state index is 0.0505. The van der Waals surface area contributed by atoms with Crippen LogP contribution in [0.2, 0.25) is 0 Å². The van der Waals surface area contributed by atoms with Gasteiger partial charge in [-0.15, -0.1) is 11.3 Å². The molecule has 154 valence electrons. The summed E-state index contributed by atoms with van der Waals surface area (Å²) in [6.45, 7) is 0. The van der Waals surface area contributed by atoms with Crippen molar-refractivity contribution in [2.24, 2.45) is 5.73 Å². The van der Waals surface area contributed by atoms with E-state index in [2.05, 4.69) is 10.4 Å². The van der Waals surface area contributed by atoms with Crippen LogP contribution in [-0.2, 0) is 9.59 Å². The Bertz CT molecular complexity index is 1060. The molecule has 2 amide bonds. The van der Waals surface area contributed by atoms with E-state index in [0.29, 0.717) is 16.3 Å². The van der Waals surface area contributed by atoms with Crippen molar-refractivity contribution in [2.75, 3.05) is 5.32 Å². The maximum Gasteiger partial charge on any atom is 0.269 e. The van der Waals surface area contributed by atoms with Crippen LogP contribution in [0.1, 0.15) is 45.8 Å². The van der Waals surface area contributed by atoms with E-state index < -0.39 is 5.91 Å². The van der Waals surface area contributed by atoms with Gasteiger partial charge in [0.25, 0.3) is 5.91 Å².